The molecule has 7 heteroatoms. The first-order chi connectivity index (χ1) is 13.1. The van der Waals surface area contributed by atoms with Gasteiger partial charge in [-0.3, -0.25) is 19.4 Å². The van der Waals surface area contributed by atoms with E-state index < -0.39 is 0 Å². The second kappa shape index (κ2) is 7.28. The number of carbonyl (C=O) groups excluding carboxylic acids is 1. The number of aryl methyl sites for hydroxylation is 1. The standard InChI is InChI=1S/C20H16BrN5O/c1-26-19(16-3-2-15(21)11-18(16)25-26)20(27)24-12-13-4-9-23-17(10-13)14-5-7-22-8-6-14/h2-11H,12H2,1H3,(H,24,27). The molecule has 1 amide bonds. The fourth-order valence-corrected chi connectivity index (χ4v) is 3.32. The third-order valence-electron chi connectivity index (χ3n) is 4.26. The van der Waals surface area contributed by atoms with E-state index in [4.69, 9.17) is 0 Å². The molecular weight excluding hydrogens is 406 g/mol. The van der Waals surface area contributed by atoms with Crippen molar-refractivity contribution in [3.8, 4) is 11.3 Å². The van der Waals surface area contributed by atoms with Crippen molar-refractivity contribution >= 4 is 32.7 Å². The van der Waals surface area contributed by atoms with E-state index in [1.165, 1.54) is 0 Å². The van der Waals surface area contributed by atoms with Crippen molar-refractivity contribution in [1.82, 2.24) is 25.1 Å². The van der Waals surface area contributed by atoms with Crippen LogP contribution >= 0.6 is 15.9 Å². The smallest absolute Gasteiger partial charge is 0.270 e. The van der Waals surface area contributed by atoms with Crippen molar-refractivity contribution in [1.29, 1.82) is 0 Å². The molecule has 0 fully saturated rings. The molecule has 1 N–H and O–H groups in total. The molecule has 0 atom stereocenters. The zero-order valence-electron chi connectivity index (χ0n) is 14.6. The third-order valence-corrected chi connectivity index (χ3v) is 4.76. The summed E-state index contributed by atoms with van der Waals surface area (Å²) in [7, 11) is 1.77. The number of nitrogens with one attached hydrogen (secondary N) is 1. The Hall–Kier alpha value is -3.06. The summed E-state index contributed by atoms with van der Waals surface area (Å²) in [6.45, 7) is 0.405. The summed E-state index contributed by atoms with van der Waals surface area (Å²) >= 11 is 3.43. The quantitative estimate of drug-likeness (QED) is 0.544. The van der Waals surface area contributed by atoms with Crippen LogP contribution in [0.3, 0.4) is 0 Å². The molecule has 4 aromatic rings. The number of fused-ring (bicyclic) bond motifs is 1. The van der Waals surface area contributed by atoms with Crippen LogP contribution < -0.4 is 5.32 Å². The summed E-state index contributed by atoms with van der Waals surface area (Å²) in [5.41, 5.74) is 4.13. The van der Waals surface area contributed by atoms with Crippen molar-refractivity contribution in [2.45, 2.75) is 6.54 Å². The van der Waals surface area contributed by atoms with E-state index in [1.54, 1.807) is 30.3 Å². The molecule has 0 spiro atoms. The Labute approximate surface area is 164 Å². The highest BCUT2D eigenvalue weighted by atomic mass is 79.9. The summed E-state index contributed by atoms with van der Waals surface area (Å²) in [5, 5.41) is 8.21. The van der Waals surface area contributed by atoms with Gasteiger partial charge in [-0.25, -0.2) is 0 Å². The molecule has 0 saturated carbocycles. The first-order valence-electron chi connectivity index (χ1n) is 8.37. The number of aromatic nitrogens is 4. The van der Waals surface area contributed by atoms with Gasteiger partial charge in [-0.15, -0.1) is 0 Å². The molecule has 27 heavy (non-hydrogen) atoms. The SMILES string of the molecule is Cn1nc2cc(Br)ccc2c1C(=O)NCc1ccnc(-c2ccncc2)c1. The number of hydrogen-bond acceptors (Lipinski definition) is 4. The van der Waals surface area contributed by atoms with Crippen molar-refractivity contribution in [2.75, 3.05) is 0 Å². The minimum absolute atomic E-state index is 0.162. The van der Waals surface area contributed by atoms with Gasteiger partial charge in [-0.1, -0.05) is 15.9 Å². The zero-order valence-corrected chi connectivity index (χ0v) is 16.1. The Balaban J connectivity index is 1.54. The molecule has 0 saturated heterocycles. The predicted octanol–water partition coefficient (Wildman–Crippen LogP) is 3.72. The van der Waals surface area contributed by atoms with Gasteiger partial charge in [0.2, 0.25) is 0 Å². The number of nitrogens with zero attached hydrogens (tertiary/aromatic N) is 4. The fraction of sp³-hybridized carbons (Fsp3) is 0.100. The largest absolute Gasteiger partial charge is 0.347 e. The van der Waals surface area contributed by atoms with Gasteiger partial charge < -0.3 is 5.32 Å². The van der Waals surface area contributed by atoms with Gasteiger partial charge in [0, 0.05) is 47.6 Å². The molecule has 0 radical (unpaired) electrons. The molecule has 0 unspecified atom stereocenters. The van der Waals surface area contributed by atoms with Crippen LogP contribution in [0.25, 0.3) is 22.2 Å². The fourth-order valence-electron chi connectivity index (χ4n) is 2.97. The van der Waals surface area contributed by atoms with E-state index >= 15 is 0 Å². The van der Waals surface area contributed by atoms with Gasteiger partial charge in [-0.05, 0) is 48.0 Å². The van der Waals surface area contributed by atoms with Crippen LogP contribution in [-0.4, -0.2) is 25.7 Å². The lowest BCUT2D eigenvalue weighted by Crippen LogP contribution is -2.25. The van der Waals surface area contributed by atoms with Gasteiger partial charge in [0.25, 0.3) is 5.91 Å². The van der Waals surface area contributed by atoms with Crippen LogP contribution in [0.15, 0.2) is 65.5 Å². The maximum absolute atomic E-state index is 12.7. The Morgan fingerprint density at radius 1 is 1.11 bits per heavy atom. The maximum Gasteiger partial charge on any atom is 0.270 e. The minimum atomic E-state index is -0.162. The molecule has 3 heterocycles. The molecule has 1 aromatic carbocycles. The lowest BCUT2D eigenvalue weighted by Gasteiger charge is -2.08. The Morgan fingerprint density at radius 2 is 1.93 bits per heavy atom. The molecule has 0 aliphatic carbocycles. The van der Waals surface area contributed by atoms with Gasteiger partial charge in [0.1, 0.15) is 5.69 Å². The van der Waals surface area contributed by atoms with Crippen LogP contribution in [0.5, 0.6) is 0 Å². The van der Waals surface area contributed by atoms with Crippen LogP contribution in [0.1, 0.15) is 16.1 Å². The van der Waals surface area contributed by atoms with Gasteiger partial charge in [0.15, 0.2) is 0 Å². The number of halogens is 1. The van der Waals surface area contributed by atoms with Gasteiger partial charge >= 0.3 is 0 Å². The molecule has 134 valence electrons. The van der Waals surface area contributed by atoms with Crippen molar-refractivity contribution in [2.24, 2.45) is 7.05 Å². The molecule has 4 rings (SSSR count). The lowest BCUT2D eigenvalue weighted by atomic mass is 10.1. The summed E-state index contributed by atoms with van der Waals surface area (Å²) < 4.78 is 2.54. The first kappa shape index (κ1) is 17.4. The molecule has 0 bridgehead atoms. The topological polar surface area (TPSA) is 72.7 Å². The van der Waals surface area contributed by atoms with Crippen molar-refractivity contribution in [3.63, 3.8) is 0 Å². The minimum Gasteiger partial charge on any atom is -0.347 e. The highest BCUT2D eigenvalue weighted by Gasteiger charge is 2.16. The number of pyridine rings is 2. The van der Waals surface area contributed by atoms with Crippen molar-refractivity contribution in [3.05, 3.63) is 76.8 Å². The number of hydrogen-bond donors (Lipinski definition) is 1. The zero-order chi connectivity index (χ0) is 18.8. The summed E-state index contributed by atoms with van der Waals surface area (Å²) in [6, 6.07) is 13.4. The number of amides is 1. The van der Waals surface area contributed by atoms with E-state index in [2.05, 4.69) is 36.3 Å². The van der Waals surface area contributed by atoms with Crippen LogP contribution in [-0.2, 0) is 13.6 Å². The average molecular weight is 422 g/mol. The van der Waals surface area contributed by atoms with E-state index in [-0.39, 0.29) is 5.91 Å². The van der Waals surface area contributed by atoms with Gasteiger partial charge in [0.05, 0.1) is 11.2 Å². The number of carbonyl (C=O) groups is 1. The Kier molecular flexibility index (Phi) is 4.68. The lowest BCUT2D eigenvalue weighted by molar-refractivity contribution is 0.0943. The molecule has 3 aromatic heterocycles. The number of rotatable bonds is 4. The molecular formula is C20H16BrN5O. The average Bonchev–Trinajstić information content (AvgIpc) is 3.02. The summed E-state index contributed by atoms with van der Waals surface area (Å²) in [6.07, 6.45) is 5.21. The number of benzene rings is 1. The Morgan fingerprint density at radius 3 is 2.74 bits per heavy atom. The summed E-state index contributed by atoms with van der Waals surface area (Å²) in [4.78, 5) is 21.2. The van der Waals surface area contributed by atoms with Gasteiger partial charge in [-0.2, -0.15) is 5.10 Å². The summed E-state index contributed by atoms with van der Waals surface area (Å²) in [5.74, 6) is -0.162. The second-order valence-electron chi connectivity index (χ2n) is 6.10. The van der Waals surface area contributed by atoms with E-state index in [1.807, 2.05) is 42.5 Å². The normalized spacial score (nSPS) is 10.9. The predicted molar refractivity (Wildman–Crippen MR) is 107 cm³/mol. The van der Waals surface area contributed by atoms with E-state index in [9.17, 15) is 4.79 Å². The van der Waals surface area contributed by atoms with Crippen LogP contribution in [0, 0.1) is 0 Å². The molecule has 6 nitrogen and oxygen atoms in total. The van der Waals surface area contributed by atoms with Crippen LogP contribution in [0.4, 0.5) is 0 Å². The monoisotopic (exact) mass is 421 g/mol. The molecule has 0 aliphatic rings. The third kappa shape index (κ3) is 3.59. The first-order valence-corrected chi connectivity index (χ1v) is 9.17. The van der Waals surface area contributed by atoms with E-state index in [0.29, 0.717) is 12.2 Å². The second-order valence-corrected chi connectivity index (χ2v) is 7.02. The molecule has 0 aliphatic heterocycles. The van der Waals surface area contributed by atoms with Crippen molar-refractivity contribution < 1.29 is 4.79 Å². The highest BCUT2D eigenvalue weighted by molar-refractivity contribution is 9.10. The van der Waals surface area contributed by atoms with E-state index in [0.717, 1.165) is 32.2 Å². The maximum atomic E-state index is 12.7. The Bertz CT molecular complexity index is 1120. The highest BCUT2D eigenvalue weighted by Crippen LogP contribution is 2.22. The van der Waals surface area contributed by atoms with Crippen LogP contribution in [0.2, 0.25) is 0 Å².